The van der Waals surface area contributed by atoms with Gasteiger partial charge in [0, 0.05) is 31.1 Å². The zero-order chi connectivity index (χ0) is 25.1. The second kappa shape index (κ2) is 9.85. The Balaban J connectivity index is 2.26. The van der Waals surface area contributed by atoms with Gasteiger partial charge in [0.15, 0.2) is 6.10 Å². The lowest BCUT2D eigenvalue weighted by molar-refractivity contribution is -0.202. The van der Waals surface area contributed by atoms with Crippen LogP contribution >= 0.6 is 11.6 Å². The molecule has 2 N–H and O–H groups in total. The Labute approximate surface area is 194 Å². The van der Waals surface area contributed by atoms with Gasteiger partial charge in [0.2, 0.25) is 0 Å². The molecule has 0 aliphatic heterocycles. The van der Waals surface area contributed by atoms with Crippen molar-refractivity contribution in [2.24, 2.45) is 0 Å². The molecule has 2 aromatic heterocycles. The van der Waals surface area contributed by atoms with Crippen LogP contribution in [0.5, 0.6) is 0 Å². The summed E-state index contributed by atoms with van der Waals surface area (Å²) in [6.45, 7) is -1.13. The number of pyridine rings is 2. The first-order valence-corrected chi connectivity index (χ1v) is 10.1. The highest BCUT2D eigenvalue weighted by Gasteiger charge is 2.43. The molecule has 0 saturated heterocycles. The Morgan fingerprint density at radius 3 is 2.21 bits per heavy atom. The average molecular weight is 508 g/mol. The fourth-order valence-electron chi connectivity index (χ4n) is 3.38. The monoisotopic (exact) mass is 507 g/mol. The van der Waals surface area contributed by atoms with Gasteiger partial charge in [0.25, 0.3) is 0 Å². The number of rotatable bonds is 7. The van der Waals surface area contributed by atoms with E-state index >= 15 is 0 Å². The molecule has 0 radical (unpaired) electrons. The number of aliphatic hydroxyl groups excluding tert-OH is 1. The first-order chi connectivity index (χ1) is 15.8. The summed E-state index contributed by atoms with van der Waals surface area (Å²) in [5, 5.41) is 12.2. The minimum atomic E-state index is -5.02. The van der Waals surface area contributed by atoms with E-state index in [1.165, 1.54) is 24.4 Å². The first-order valence-electron chi connectivity index (χ1n) is 9.71. The number of hydrogen-bond acceptors (Lipinski definition) is 4. The molecule has 3 rings (SSSR count). The van der Waals surface area contributed by atoms with Gasteiger partial charge in [0.1, 0.15) is 5.82 Å². The quantitative estimate of drug-likeness (QED) is 0.427. The van der Waals surface area contributed by atoms with E-state index in [1.54, 1.807) is 12.1 Å². The van der Waals surface area contributed by atoms with Gasteiger partial charge in [-0.3, -0.25) is 15.3 Å². The predicted octanol–water partition coefficient (Wildman–Crippen LogP) is 5.29. The van der Waals surface area contributed by atoms with Gasteiger partial charge in [0.05, 0.1) is 21.8 Å². The van der Waals surface area contributed by atoms with Crippen LogP contribution in [0.15, 0.2) is 60.9 Å². The van der Waals surface area contributed by atoms with Crippen LogP contribution in [0.2, 0.25) is 5.02 Å². The number of aliphatic hydroxyl groups is 1. The maximum Gasteiger partial charge on any atom is 0.416 e. The zero-order valence-electron chi connectivity index (χ0n) is 17.1. The van der Waals surface area contributed by atoms with E-state index in [2.05, 4.69) is 15.3 Å². The molecule has 0 amide bonds. The molecule has 2 atom stereocenters. The Bertz CT molecular complexity index is 1110. The molecule has 0 spiro atoms. The van der Waals surface area contributed by atoms with Gasteiger partial charge in [-0.2, -0.15) is 26.3 Å². The van der Waals surface area contributed by atoms with E-state index in [4.69, 9.17) is 11.6 Å². The van der Waals surface area contributed by atoms with E-state index < -0.39 is 41.9 Å². The van der Waals surface area contributed by atoms with Crippen molar-refractivity contribution in [3.05, 3.63) is 94.3 Å². The Hall–Kier alpha value is -2.76. The number of halogens is 8. The van der Waals surface area contributed by atoms with E-state index in [1.807, 2.05) is 0 Å². The Kier molecular flexibility index (Phi) is 7.49. The van der Waals surface area contributed by atoms with E-state index in [9.17, 15) is 35.8 Å². The molecule has 0 fully saturated rings. The number of nitrogens with zero attached hydrogens (tertiary/aromatic N) is 2. The van der Waals surface area contributed by atoms with Gasteiger partial charge in [-0.15, -0.1) is 0 Å². The molecule has 0 aliphatic carbocycles. The lowest BCUT2D eigenvalue weighted by atomic mass is 9.80. The van der Waals surface area contributed by atoms with Crippen molar-refractivity contribution in [2.45, 2.75) is 30.4 Å². The molecular formula is C22H17ClF7N3O. The highest BCUT2D eigenvalue weighted by atomic mass is 35.5. The van der Waals surface area contributed by atoms with Crippen LogP contribution in [0.1, 0.15) is 22.5 Å². The summed E-state index contributed by atoms with van der Waals surface area (Å²) in [6.07, 6.45) is -10.6. The molecule has 0 aliphatic rings. The lowest BCUT2D eigenvalue weighted by Gasteiger charge is -2.36. The second-order valence-corrected chi connectivity index (χ2v) is 7.87. The molecule has 0 bridgehead atoms. The third-order valence-corrected chi connectivity index (χ3v) is 5.25. The maximum atomic E-state index is 14.4. The number of hydrogen-bond donors (Lipinski definition) is 2. The van der Waals surface area contributed by atoms with E-state index in [0.717, 1.165) is 12.3 Å². The second-order valence-electron chi connectivity index (χ2n) is 7.43. The van der Waals surface area contributed by atoms with Gasteiger partial charge >= 0.3 is 12.4 Å². The van der Waals surface area contributed by atoms with Gasteiger partial charge in [-0.25, -0.2) is 4.39 Å². The van der Waals surface area contributed by atoms with E-state index in [0.29, 0.717) is 6.07 Å². The standard InChI is InChI=1S/C22H17ClF7N3O/c23-15-4-5-18(32-11-15)20(10-17-3-1-2-6-31-17,33-12-19(34)22(28,29)30)13-7-14(21(25,26)27)9-16(24)8-13/h1-9,11,19,33-34H,10,12H2/t19?,20-/m0/s1. The van der Waals surface area contributed by atoms with Crippen molar-refractivity contribution >= 4 is 11.6 Å². The van der Waals surface area contributed by atoms with Gasteiger partial charge in [-0.1, -0.05) is 17.7 Å². The molecule has 1 aromatic carbocycles. The average Bonchev–Trinajstić information content (AvgIpc) is 2.76. The Morgan fingerprint density at radius 1 is 0.941 bits per heavy atom. The minimum absolute atomic E-state index is 0.0596. The smallest absolute Gasteiger partial charge is 0.382 e. The fourth-order valence-corrected chi connectivity index (χ4v) is 3.50. The highest BCUT2D eigenvalue weighted by Crippen LogP contribution is 2.38. The van der Waals surface area contributed by atoms with Crippen LogP contribution in [0.3, 0.4) is 0 Å². The van der Waals surface area contributed by atoms with Crippen molar-refractivity contribution < 1.29 is 35.8 Å². The summed E-state index contributed by atoms with van der Waals surface area (Å²) in [6, 6.07) is 8.91. The number of aromatic nitrogens is 2. The molecule has 4 nitrogen and oxygen atoms in total. The molecule has 182 valence electrons. The third kappa shape index (κ3) is 6.02. The van der Waals surface area contributed by atoms with Gasteiger partial charge < -0.3 is 5.11 Å². The number of benzene rings is 1. The maximum absolute atomic E-state index is 14.4. The largest absolute Gasteiger partial charge is 0.416 e. The van der Waals surface area contributed by atoms with Crippen molar-refractivity contribution in [1.29, 1.82) is 0 Å². The van der Waals surface area contributed by atoms with Crippen molar-refractivity contribution in [3.8, 4) is 0 Å². The summed E-state index contributed by atoms with van der Waals surface area (Å²) in [5.41, 5.74) is -3.47. The third-order valence-electron chi connectivity index (χ3n) is 5.03. The SMILES string of the molecule is OC(CN[C@@](Cc1ccccn1)(c1cc(F)cc(C(F)(F)F)c1)c1ccc(Cl)cn1)C(F)(F)F. The molecule has 0 saturated carbocycles. The summed E-state index contributed by atoms with van der Waals surface area (Å²) in [4.78, 5) is 8.20. The summed E-state index contributed by atoms with van der Waals surface area (Å²) >= 11 is 5.87. The molecule has 12 heteroatoms. The van der Waals surface area contributed by atoms with Crippen LogP contribution in [0.25, 0.3) is 0 Å². The van der Waals surface area contributed by atoms with Crippen molar-refractivity contribution in [2.75, 3.05) is 6.54 Å². The van der Waals surface area contributed by atoms with Crippen molar-refractivity contribution in [3.63, 3.8) is 0 Å². The highest BCUT2D eigenvalue weighted by molar-refractivity contribution is 6.30. The topological polar surface area (TPSA) is 58.0 Å². The Morgan fingerprint density at radius 2 is 1.65 bits per heavy atom. The summed E-state index contributed by atoms with van der Waals surface area (Å²) in [7, 11) is 0. The summed E-state index contributed by atoms with van der Waals surface area (Å²) < 4.78 is 93.9. The van der Waals surface area contributed by atoms with Crippen LogP contribution in [-0.4, -0.2) is 33.9 Å². The first kappa shape index (κ1) is 25.9. The lowest BCUT2D eigenvalue weighted by Crippen LogP contribution is -2.51. The fraction of sp³-hybridized carbons (Fsp3) is 0.273. The molecule has 2 heterocycles. The minimum Gasteiger partial charge on any atom is -0.382 e. The number of nitrogens with one attached hydrogen (secondary N) is 1. The van der Waals surface area contributed by atoms with E-state index in [-0.39, 0.29) is 34.5 Å². The van der Waals surface area contributed by atoms with Crippen LogP contribution in [0, 0.1) is 5.82 Å². The normalized spacial score (nSPS) is 15.1. The van der Waals surface area contributed by atoms with Crippen LogP contribution < -0.4 is 5.32 Å². The van der Waals surface area contributed by atoms with Gasteiger partial charge in [-0.05, 0) is 48.0 Å². The molecule has 34 heavy (non-hydrogen) atoms. The summed E-state index contributed by atoms with van der Waals surface area (Å²) in [5.74, 6) is -1.26. The van der Waals surface area contributed by atoms with Crippen LogP contribution in [-0.2, 0) is 18.1 Å². The van der Waals surface area contributed by atoms with Crippen molar-refractivity contribution in [1.82, 2.24) is 15.3 Å². The molecule has 3 aromatic rings. The molecule has 1 unspecified atom stereocenters. The number of alkyl halides is 6. The molecular weight excluding hydrogens is 491 g/mol. The predicted molar refractivity (Wildman–Crippen MR) is 109 cm³/mol. The van der Waals surface area contributed by atoms with Crippen LogP contribution in [0.4, 0.5) is 30.7 Å². The zero-order valence-corrected chi connectivity index (χ0v) is 17.9.